The van der Waals surface area contributed by atoms with Crippen molar-refractivity contribution in [3.63, 3.8) is 0 Å². The van der Waals surface area contributed by atoms with E-state index in [0.29, 0.717) is 35.4 Å². The van der Waals surface area contributed by atoms with E-state index >= 15 is 0 Å². The molecular formula is C64H94BN11O19S5+6. The predicted molar refractivity (Wildman–Crippen MR) is 370 cm³/mol. The number of allylic oxidation sites excluding steroid dienone is 1. The fourth-order valence-corrected chi connectivity index (χ4v) is 13.0. The van der Waals surface area contributed by atoms with Gasteiger partial charge in [-0.15, -0.1) is 0 Å². The monoisotopic (exact) mass is 1490 g/mol. The van der Waals surface area contributed by atoms with Crippen LogP contribution in [-0.2, 0) is 101 Å². The van der Waals surface area contributed by atoms with Gasteiger partial charge in [-0.05, 0) is 78.6 Å². The number of aliphatic carboxylic acids is 1. The normalized spacial score (nSPS) is 13.3. The summed E-state index contributed by atoms with van der Waals surface area (Å²) in [6, 6.07) is 13.6. The summed E-state index contributed by atoms with van der Waals surface area (Å²) in [5, 5.41) is 17.1. The van der Waals surface area contributed by atoms with Gasteiger partial charge in [0.2, 0.25) is 37.9 Å². The third-order valence-corrected chi connectivity index (χ3v) is 18.8. The molecule has 8 aromatic rings. The molecule has 9 rings (SSSR count). The number of hydrogen-bond acceptors (Lipinski definition) is 13. The first-order valence-electron chi connectivity index (χ1n) is 31.1. The largest absolute Gasteiger partial charge is 0.478 e. The molecule has 1 unspecified atom stereocenters. The van der Waals surface area contributed by atoms with Gasteiger partial charge in [0.15, 0.2) is 17.9 Å². The Labute approximate surface area is 586 Å². The molecule has 36 heteroatoms. The van der Waals surface area contributed by atoms with E-state index in [4.69, 9.17) is 14.7 Å². The molecule has 7 N–H and O–H groups in total. The molecule has 100 heavy (non-hydrogen) atoms. The van der Waals surface area contributed by atoms with E-state index in [9.17, 15) is 65.1 Å². The van der Waals surface area contributed by atoms with Crippen LogP contribution in [0.4, 0.5) is 0 Å². The van der Waals surface area contributed by atoms with Gasteiger partial charge in [-0.2, -0.15) is 46.7 Å². The number of aryl methyl sites for hydroxylation is 4. The average molecular weight is 1490 g/mol. The summed E-state index contributed by atoms with van der Waals surface area (Å²) in [4.78, 5) is 9.05. The Balaban J connectivity index is 0.000000259. The number of nitrogens with zero attached hydrogens (tertiary/aromatic N) is 11. The molecule has 3 aromatic carbocycles. The Kier molecular flexibility index (Phi) is 30.3. The molecule has 1 atom stereocenters. The summed E-state index contributed by atoms with van der Waals surface area (Å²) in [5.41, 5.74) is 3.75. The van der Waals surface area contributed by atoms with Gasteiger partial charge in [0.05, 0.1) is 34.2 Å². The second-order valence-corrected chi connectivity index (χ2v) is 31.8. The van der Waals surface area contributed by atoms with E-state index in [2.05, 4.69) is 28.8 Å². The van der Waals surface area contributed by atoms with Crippen molar-refractivity contribution in [3.05, 3.63) is 177 Å². The third-order valence-electron chi connectivity index (χ3n) is 14.8. The molecule has 1 aliphatic rings. The molecule has 6 heterocycles. The van der Waals surface area contributed by atoms with Gasteiger partial charge < -0.3 is 5.11 Å². The minimum absolute atomic E-state index is 0.0138. The minimum atomic E-state index is -4.72. The number of carboxylic acids is 1. The number of rotatable bonds is 19. The van der Waals surface area contributed by atoms with Crippen LogP contribution in [0, 0.1) is 5.92 Å². The summed E-state index contributed by atoms with van der Waals surface area (Å²) >= 11 is 0. The van der Waals surface area contributed by atoms with Crippen molar-refractivity contribution in [2.24, 2.45) is 34.1 Å². The maximum absolute atomic E-state index is 11.7. The molecular weight excluding hydrogens is 1400 g/mol. The molecule has 0 fully saturated rings. The Morgan fingerprint density at radius 2 is 1.00 bits per heavy atom. The fraction of sp³-hybridized carbons (Fsp3) is 0.406. The molecule has 0 amide bonds. The number of benzene rings is 3. The third kappa shape index (κ3) is 26.4. The summed E-state index contributed by atoms with van der Waals surface area (Å²) in [6.07, 6.45) is 31.8. The van der Waals surface area contributed by atoms with E-state index in [0.717, 1.165) is 30.1 Å². The smallest absolute Gasteiger partial charge is 0.346 e. The zero-order valence-corrected chi connectivity index (χ0v) is 62.8. The fourth-order valence-electron chi connectivity index (χ4n) is 9.38. The molecule has 30 nitrogen and oxygen atoms in total. The van der Waals surface area contributed by atoms with E-state index in [1.807, 2.05) is 119 Å². The van der Waals surface area contributed by atoms with Crippen molar-refractivity contribution in [2.75, 3.05) is 0 Å². The van der Waals surface area contributed by atoms with Gasteiger partial charge in [-0.3, -0.25) is 22.8 Å². The Hall–Kier alpha value is -8.17. The van der Waals surface area contributed by atoms with Crippen LogP contribution in [0.1, 0.15) is 142 Å². The van der Waals surface area contributed by atoms with Crippen LogP contribution in [0.3, 0.4) is 0 Å². The topological polar surface area (TPSA) is 386 Å². The van der Waals surface area contributed by atoms with Crippen molar-refractivity contribution in [1.82, 2.24) is 22.8 Å². The minimum Gasteiger partial charge on any atom is -0.478 e. The SMILES string of the molecule is CC(C)C(OS(=O)(=O)O)n1cc[n+](C)c1.CC(C)[N+]1=CCC(=BO)C=C1.CC(C)c1cc(S(=O)(=O)O)c(-n2cc[n+](C)c2)c(S(=O)(=O)O)c1.CC(C)c1ccc(-n2cc[n+](C)c2)c(S(=O)(=O)O)c1.CC(C)c1ccc(Cn2cc[n+](C)c2)c(S(=O)(=O)O)c1.CC(C)n1cc[n+](CC(=O)O)c1. The van der Waals surface area contributed by atoms with Gasteiger partial charge in [0.25, 0.3) is 40.5 Å². The average Bonchev–Trinajstić information content (AvgIpc) is 1.28. The second-order valence-electron chi connectivity index (χ2n) is 25.2. The quantitative estimate of drug-likeness (QED) is 0.0309. The first-order chi connectivity index (χ1) is 46.1. The van der Waals surface area contributed by atoms with Crippen LogP contribution in [0.25, 0.3) is 11.4 Å². The first-order valence-corrected chi connectivity index (χ1v) is 38.2. The molecule has 0 spiro atoms. The zero-order chi connectivity index (χ0) is 75.7. The first kappa shape index (κ1) is 84.3. The molecule has 5 aromatic heterocycles. The number of carboxylic acid groups (broad SMARTS) is 1. The van der Waals surface area contributed by atoms with Crippen molar-refractivity contribution in [1.29, 1.82) is 0 Å². The summed E-state index contributed by atoms with van der Waals surface area (Å²) < 4.78 is 185. The summed E-state index contributed by atoms with van der Waals surface area (Å²) in [7, 11) is -14.0. The van der Waals surface area contributed by atoms with Gasteiger partial charge in [-0.1, -0.05) is 73.6 Å². The Bertz CT molecular complexity index is 4740. The van der Waals surface area contributed by atoms with Crippen LogP contribution in [0.15, 0.2) is 174 Å². The number of hydrogen-bond donors (Lipinski definition) is 7. The van der Waals surface area contributed by atoms with Crippen molar-refractivity contribution in [3.8, 4) is 11.4 Å². The maximum Gasteiger partial charge on any atom is 0.346 e. The molecule has 0 radical (unpaired) electrons. The van der Waals surface area contributed by atoms with Crippen LogP contribution in [-0.4, -0.2) is 133 Å². The predicted octanol–water partition coefficient (Wildman–Crippen LogP) is 5.23. The number of carbonyl (C=O) groups is 1. The van der Waals surface area contributed by atoms with E-state index in [-0.39, 0.29) is 45.7 Å². The van der Waals surface area contributed by atoms with E-state index in [1.165, 1.54) is 35.3 Å². The summed E-state index contributed by atoms with van der Waals surface area (Å²) in [6.45, 7) is 23.7. The van der Waals surface area contributed by atoms with E-state index in [1.54, 1.807) is 144 Å². The van der Waals surface area contributed by atoms with Crippen LogP contribution in [0.2, 0.25) is 0 Å². The molecule has 0 bridgehead atoms. The molecule has 0 saturated heterocycles. The van der Waals surface area contributed by atoms with Crippen LogP contribution in [0.5, 0.6) is 0 Å². The Morgan fingerprint density at radius 3 is 1.38 bits per heavy atom. The van der Waals surface area contributed by atoms with Gasteiger partial charge in [0.1, 0.15) is 88.1 Å². The summed E-state index contributed by atoms with van der Waals surface area (Å²) in [5.74, 6) is -0.726. The zero-order valence-electron chi connectivity index (χ0n) is 58.7. The maximum atomic E-state index is 11.7. The van der Waals surface area contributed by atoms with Crippen LogP contribution < -0.4 is 22.8 Å². The second kappa shape index (κ2) is 35.9. The molecule has 0 saturated carbocycles. The van der Waals surface area contributed by atoms with Gasteiger partial charge in [-0.25, -0.2) is 50.1 Å². The molecule has 546 valence electrons. The standard InChI is InChI=1S/C14H18N2O3S.C13H16N2O6S2.C13H16N2O3S.C8H13BNO.C8H14N2O4S.C8H12N2O2/c1-11(2)12-4-5-13(14(8-12)20(17,18)19)9-16-7-6-15(3)10-16;1-9(2)10-6-11(22(16,17)18)13(12(7-10)23(19,20)21)15-5-4-14(3)8-15;1-10(2)11-4-5-12(13(8-11)19(16,17)18)15-7-6-14(3)9-15;1-7(2)10-5-3-8(9-11)4-6-10;1-7(2)8(14-15(11,12)13)10-5-4-9(3)6-10;1-7(2)10-4-3-9(6-10)5-8(11)12/h4-8,10-11H,9H2,1-3H3;4-9H,1-3H3,(H-,16,17,18,19,20,21);4-10H,1-3H3;3,5-7,11H,4H2,1-2H3;4-8H,1-3H3;3-4,6-7H,5H2,1-2H3/q;;;+1;;/p+5. The number of imidazole rings is 5. The van der Waals surface area contributed by atoms with Crippen LogP contribution >= 0.6 is 0 Å². The van der Waals surface area contributed by atoms with Crippen molar-refractivity contribution < 1.29 is 111 Å². The Morgan fingerprint density at radius 1 is 0.540 bits per heavy atom. The van der Waals surface area contributed by atoms with Crippen molar-refractivity contribution in [2.45, 2.75) is 158 Å². The van der Waals surface area contributed by atoms with E-state index < -0.39 is 72.9 Å². The van der Waals surface area contributed by atoms with Gasteiger partial charge >= 0.3 is 83.4 Å². The van der Waals surface area contributed by atoms with Crippen molar-refractivity contribution >= 4 is 75.6 Å². The molecule has 1 aliphatic heterocycles. The molecule has 0 aliphatic carbocycles. The number of aromatic nitrogens is 10. The van der Waals surface area contributed by atoms with Gasteiger partial charge in [0, 0.05) is 11.5 Å².